The standard InChI is InChI=1S/C11H12F2N2O6/c1-4(16)20-3-6-8(17)7(13)10(21-6)15-2-5(12)9(18)14-11(15)19/h2,6-8,10,17H,3H2,1H3,(H,14,18,19)/t6?,7-,8+,10+/m0/s1. The van der Waals surface area contributed by atoms with Crippen LogP contribution in [0.1, 0.15) is 13.2 Å². The van der Waals surface area contributed by atoms with E-state index in [1.807, 2.05) is 0 Å². The number of aliphatic hydroxyl groups excluding tert-OH is 1. The second kappa shape index (κ2) is 5.74. The van der Waals surface area contributed by atoms with Crippen molar-refractivity contribution in [3.8, 4) is 0 Å². The molecule has 1 aliphatic heterocycles. The van der Waals surface area contributed by atoms with Crippen molar-refractivity contribution in [3.05, 3.63) is 32.9 Å². The van der Waals surface area contributed by atoms with Crippen molar-refractivity contribution in [1.29, 1.82) is 0 Å². The summed E-state index contributed by atoms with van der Waals surface area (Å²) in [5.74, 6) is -1.96. The van der Waals surface area contributed by atoms with Crippen LogP contribution in [0, 0.1) is 5.82 Å². The molecule has 1 aromatic heterocycles. The summed E-state index contributed by atoms with van der Waals surface area (Å²) >= 11 is 0. The zero-order chi connectivity index (χ0) is 15.7. The van der Waals surface area contributed by atoms with Gasteiger partial charge in [-0.05, 0) is 0 Å². The SMILES string of the molecule is CC(=O)OCC1O[C@@H](n2cc(F)c(=O)[nH]c2=O)[C@@H](F)[C@@H]1O. The largest absolute Gasteiger partial charge is 0.463 e. The third-order valence-corrected chi connectivity index (χ3v) is 2.94. The number of aliphatic hydroxyl groups is 1. The van der Waals surface area contributed by atoms with E-state index in [4.69, 9.17) is 4.74 Å². The van der Waals surface area contributed by atoms with Gasteiger partial charge in [0.05, 0.1) is 6.20 Å². The van der Waals surface area contributed by atoms with E-state index >= 15 is 0 Å². The Labute approximate surface area is 115 Å². The minimum absolute atomic E-state index is 0.423. The highest BCUT2D eigenvalue weighted by atomic mass is 19.1. The van der Waals surface area contributed by atoms with Crippen molar-refractivity contribution in [3.63, 3.8) is 0 Å². The highest BCUT2D eigenvalue weighted by molar-refractivity contribution is 5.65. The number of hydrogen-bond donors (Lipinski definition) is 2. The van der Waals surface area contributed by atoms with Gasteiger partial charge in [0.1, 0.15) is 18.8 Å². The summed E-state index contributed by atoms with van der Waals surface area (Å²) in [7, 11) is 0. The summed E-state index contributed by atoms with van der Waals surface area (Å²) in [5.41, 5.74) is -2.34. The number of H-pyrrole nitrogens is 1. The lowest BCUT2D eigenvalue weighted by Gasteiger charge is -2.15. The number of esters is 1. The maximum atomic E-state index is 14.0. The minimum Gasteiger partial charge on any atom is -0.463 e. The molecule has 0 aliphatic carbocycles. The van der Waals surface area contributed by atoms with Crippen LogP contribution in [0.5, 0.6) is 0 Å². The van der Waals surface area contributed by atoms with Crippen LogP contribution in [0.4, 0.5) is 8.78 Å². The fourth-order valence-corrected chi connectivity index (χ4v) is 1.91. The maximum Gasteiger partial charge on any atom is 0.330 e. The average Bonchev–Trinajstić information content (AvgIpc) is 2.68. The van der Waals surface area contributed by atoms with E-state index in [-0.39, 0.29) is 0 Å². The zero-order valence-corrected chi connectivity index (χ0v) is 10.8. The Morgan fingerprint density at radius 3 is 2.86 bits per heavy atom. The van der Waals surface area contributed by atoms with Gasteiger partial charge in [-0.1, -0.05) is 0 Å². The monoisotopic (exact) mass is 306 g/mol. The van der Waals surface area contributed by atoms with Crippen LogP contribution in [-0.2, 0) is 14.3 Å². The molecule has 10 heteroatoms. The van der Waals surface area contributed by atoms with Gasteiger partial charge >= 0.3 is 11.7 Å². The first-order chi connectivity index (χ1) is 9.81. The number of carbonyl (C=O) groups is 1. The molecule has 0 spiro atoms. The second-order valence-electron chi connectivity index (χ2n) is 4.45. The van der Waals surface area contributed by atoms with E-state index in [1.54, 1.807) is 4.98 Å². The quantitative estimate of drug-likeness (QED) is 0.681. The first-order valence-electron chi connectivity index (χ1n) is 5.93. The summed E-state index contributed by atoms with van der Waals surface area (Å²) in [5, 5.41) is 9.64. The van der Waals surface area contributed by atoms with Crippen molar-refractivity contribution < 1.29 is 28.2 Å². The van der Waals surface area contributed by atoms with Gasteiger partial charge in [0, 0.05) is 6.92 Å². The predicted molar refractivity (Wildman–Crippen MR) is 62.7 cm³/mol. The van der Waals surface area contributed by atoms with Crippen molar-refractivity contribution in [2.24, 2.45) is 0 Å². The van der Waals surface area contributed by atoms with Gasteiger partial charge in [-0.15, -0.1) is 0 Å². The van der Waals surface area contributed by atoms with Crippen LogP contribution in [0.15, 0.2) is 15.8 Å². The number of aromatic nitrogens is 2. The Kier molecular flexibility index (Phi) is 4.19. The Hall–Kier alpha value is -2.07. The minimum atomic E-state index is -2.06. The maximum absolute atomic E-state index is 14.0. The molecular formula is C11H12F2N2O6. The summed E-state index contributed by atoms with van der Waals surface area (Å²) in [6.45, 7) is 0.696. The first-order valence-corrected chi connectivity index (χ1v) is 5.93. The number of alkyl halides is 1. The van der Waals surface area contributed by atoms with E-state index in [1.165, 1.54) is 0 Å². The fourth-order valence-electron chi connectivity index (χ4n) is 1.91. The van der Waals surface area contributed by atoms with Crippen LogP contribution in [0.25, 0.3) is 0 Å². The molecule has 0 bridgehead atoms. The van der Waals surface area contributed by atoms with Gasteiger partial charge < -0.3 is 14.6 Å². The van der Waals surface area contributed by atoms with Gasteiger partial charge in [0.25, 0.3) is 5.56 Å². The predicted octanol–water partition coefficient (Wildman–Crippen LogP) is -1.16. The molecule has 0 aromatic carbocycles. The van der Waals surface area contributed by atoms with Crippen LogP contribution in [0.2, 0.25) is 0 Å². The molecule has 1 saturated heterocycles. The summed E-state index contributed by atoms with van der Waals surface area (Å²) in [6.07, 6.45) is -6.10. The van der Waals surface area contributed by atoms with Crippen LogP contribution in [-0.4, -0.2) is 45.6 Å². The fraction of sp³-hybridized carbons (Fsp3) is 0.545. The topological polar surface area (TPSA) is 111 Å². The lowest BCUT2D eigenvalue weighted by molar-refractivity contribution is -0.147. The molecule has 1 aliphatic rings. The molecular weight excluding hydrogens is 294 g/mol. The van der Waals surface area contributed by atoms with E-state index in [9.17, 15) is 28.3 Å². The first kappa shape index (κ1) is 15.3. The highest BCUT2D eigenvalue weighted by Gasteiger charge is 2.46. The smallest absolute Gasteiger partial charge is 0.330 e. The highest BCUT2D eigenvalue weighted by Crippen LogP contribution is 2.31. The van der Waals surface area contributed by atoms with Crippen LogP contribution < -0.4 is 11.2 Å². The number of rotatable bonds is 3. The number of ether oxygens (including phenoxy) is 2. The number of halogens is 2. The lowest BCUT2D eigenvalue weighted by Crippen LogP contribution is -2.37. The van der Waals surface area contributed by atoms with Gasteiger partial charge in [0.15, 0.2) is 12.4 Å². The molecule has 0 amide bonds. The normalized spacial score (nSPS) is 28.6. The molecule has 8 nitrogen and oxygen atoms in total. The molecule has 1 aromatic rings. The van der Waals surface area contributed by atoms with E-state index in [2.05, 4.69) is 4.74 Å². The van der Waals surface area contributed by atoms with E-state index in [0.717, 1.165) is 6.92 Å². The Bertz CT molecular complexity index is 657. The number of carbonyl (C=O) groups excluding carboxylic acids is 1. The van der Waals surface area contributed by atoms with Crippen LogP contribution in [0.3, 0.4) is 0 Å². The third kappa shape index (κ3) is 3.00. The van der Waals surface area contributed by atoms with Crippen molar-refractivity contribution in [2.45, 2.75) is 31.5 Å². The van der Waals surface area contributed by atoms with Gasteiger partial charge in [-0.3, -0.25) is 19.1 Å². The number of hydrogen-bond acceptors (Lipinski definition) is 6. The molecule has 4 atom stereocenters. The molecule has 2 rings (SSSR count). The average molecular weight is 306 g/mol. The molecule has 0 radical (unpaired) electrons. The lowest BCUT2D eigenvalue weighted by atomic mass is 10.1. The summed E-state index contributed by atoms with van der Waals surface area (Å²) < 4.78 is 37.3. The van der Waals surface area contributed by atoms with Crippen LogP contribution >= 0.6 is 0 Å². The van der Waals surface area contributed by atoms with E-state index < -0.39 is 54.2 Å². The molecule has 1 fully saturated rings. The van der Waals surface area contributed by atoms with Crippen molar-refractivity contribution >= 4 is 5.97 Å². The van der Waals surface area contributed by atoms with Gasteiger partial charge in [-0.2, -0.15) is 4.39 Å². The summed E-state index contributed by atoms with van der Waals surface area (Å²) in [6, 6.07) is 0. The Morgan fingerprint density at radius 1 is 1.57 bits per heavy atom. The van der Waals surface area contributed by atoms with Gasteiger partial charge in [-0.25, -0.2) is 9.18 Å². The molecule has 1 unspecified atom stereocenters. The van der Waals surface area contributed by atoms with Gasteiger partial charge in [0.2, 0.25) is 5.82 Å². The van der Waals surface area contributed by atoms with Crippen molar-refractivity contribution in [2.75, 3.05) is 6.61 Å². The number of nitrogens with one attached hydrogen (secondary N) is 1. The number of aromatic amines is 1. The zero-order valence-electron chi connectivity index (χ0n) is 10.8. The molecule has 116 valence electrons. The molecule has 2 heterocycles. The summed E-state index contributed by atoms with van der Waals surface area (Å²) in [4.78, 5) is 34.8. The van der Waals surface area contributed by atoms with Crippen molar-refractivity contribution in [1.82, 2.24) is 9.55 Å². The van der Waals surface area contributed by atoms with E-state index in [0.29, 0.717) is 10.8 Å². The Balaban J connectivity index is 2.25. The number of nitrogens with zero attached hydrogens (tertiary/aromatic N) is 1. The second-order valence-corrected chi connectivity index (χ2v) is 4.45. The molecule has 0 saturated carbocycles. The molecule has 21 heavy (non-hydrogen) atoms. The molecule has 2 N–H and O–H groups in total. The third-order valence-electron chi connectivity index (χ3n) is 2.94. The Morgan fingerprint density at radius 2 is 2.24 bits per heavy atom.